The third-order valence-electron chi connectivity index (χ3n) is 7.77. The molecule has 1 saturated carbocycles. The maximum Gasteiger partial charge on any atom is 0.264 e. The van der Waals surface area contributed by atoms with Crippen molar-refractivity contribution in [3.8, 4) is 0 Å². The fourth-order valence-electron chi connectivity index (χ4n) is 5.78. The molecule has 40 heavy (non-hydrogen) atoms. The molecule has 2 atom stereocenters. The molecule has 1 aromatic heterocycles. The number of fused-ring (bicyclic) bond motifs is 3. The average molecular weight is 607 g/mol. The Bertz CT molecular complexity index is 1810. The first-order valence-corrected chi connectivity index (χ1v) is 15.1. The van der Waals surface area contributed by atoms with Crippen LogP contribution in [-0.4, -0.2) is 18.9 Å². The minimum atomic E-state index is -4.43. The molecule has 0 radical (unpaired) electrons. The minimum Gasteiger partial charge on any atom is -0.340 e. The van der Waals surface area contributed by atoms with E-state index >= 15 is 0 Å². The van der Waals surface area contributed by atoms with E-state index in [0.29, 0.717) is 40.7 Å². The number of rotatable bonds is 6. The molecule has 1 amide bonds. The fourth-order valence-corrected chi connectivity index (χ4v) is 7.29. The normalized spacial score (nSPS) is 18.5. The van der Waals surface area contributed by atoms with Crippen LogP contribution in [0.15, 0.2) is 53.4 Å². The van der Waals surface area contributed by atoms with Gasteiger partial charge in [-0.15, -0.1) is 0 Å². The molecule has 6 rings (SSSR count). The lowest BCUT2D eigenvalue weighted by atomic mass is 9.94. The number of sulfonamides is 1. The van der Waals surface area contributed by atoms with E-state index in [2.05, 4.69) is 4.57 Å². The predicted octanol–water partition coefficient (Wildman–Crippen LogP) is 6.90. The lowest BCUT2D eigenvalue weighted by Gasteiger charge is -2.17. The van der Waals surface area contributed by atoms with Gasteiger partial charge in [-0.05, 0) is 97.2 Å². The van der Waals surface area contributed by atoms with Crippen molar-refractivity contribution in [3.05, 3.63) is 98.4 Å². The Morgan fingerprint density at radius 3 is 2.50 bits per heavy atom. The molecule has 0 spiro atoms. The monoisotopic (exact) mass is 606 g/mol. The Kier molecular flexibility index (Phi) is 6.87. The van der Waals surface area contributed by atoms with E-state index in [9.17, 15) is 26.4 Å². The van der Waals surface area contributed by atoms with Crippen molar-refractivity contribution in [2.24, 2.45) is 5.92 Å². The van der Waals surface area contributed by atoms with Crippen LogP contribution >= 0.6 is 23.2 Å². The highest BCUT2D eigenvalue weighted by Crippen LogP contribution is 2.51. The van der Waals surface area contributed by atoms with Crippen LogP contribution in [0.5, 0.6) is 0 Å². The first-order valence-electron chi connectivity index (χ1n) is 12.8. The lowest BCUT2D eigenvalue weighted by Crippen LogP contribution is -2.32. The van der Waals surface area contributed by atoms with Crippen molar-refractivity contribution in [1.29, 1.82) is 0 Å². The maximum atomic E-state index is 15.0. The first-order chi connectivity index (χ1) is 19.0. The second-order valence-corrected chi connectivity index (χ2v) is 12.9. The van der Waals surface area contributed by atoms with Gasteiger partial charge in [-0.1, -0.05) is 29.3 Å². The number of aromatic nitrogens is 1. The van der Waals surface area contributed by atoms with Gasteiger partial charge < -0.3 is 4.57 Å². The lowest BCUT2D eigenvalue weighted by molar-refractivity contribution is -0.120. The summed E-state index contributed by atoms with van der Waals surface area (Å²) in [6, 6.07) is 10.3. The number of nitrogens with one attached hydrogen (secondary N) is 1. The average Bonchev–Trinajstić information content (AvgIpc) is 3.65. The minimum absolute atomic E-state index is 0.315. The molecule has 1 N–H and O–H groups in total. The molecule has 0 bridgehead atoms. The first kappa shape index (κ1) is 27.2. The Labute approximate surface area is 238 Å². The standard InChI is InChI=1S/C29H23Cl2F3N2O3S/c30-16-6-5-15(24(31)9-16)14-36-27-4-2-1-3-19(27)21-10-17(32)11-22(28(21)36)20-13-23(20)29(37)35-40(38,39)18-7-8-25(33)26(34)12-18/h5-12,20,23H,1-4,13-14H2,(H,35,37). The van der Waals surface area contributed by atoms with E-state index in [1.165, 1.54) is 12.1 Å². The summed E-state index contributed by atoms with van der Waals surface area (Å²) in [7, 11) is -4.43. The highest BCUT2D eigenvalue weighted by Gasteiger charge is 2.47. The quantitative estimate of drug-likeness (QED) is 0.259. The zero-order chi connectivity index (χ0) is 28.3. The van der Waals surface area contributed by atoms with E-state index in [0.717, 1.165) is 59.5 Å². The molecule has 4 aromatic rings. The molecule has 5 nitrogen and oxygen atoms in total. The number of carbonyl (C=O) groups excluding carboxylic acids is 1. The second kappa shape index (κ2) is 10.1. The number of hydrogen-bond acceptors (Lipinski definition) is 3. The number of nitrogens with zero attached hydrogens (tertiary/aromatic N) is 1. The van der Waals surface area contributed by atoms with Gasteiger partial charge in [-0.2, -0.15) is 0 Å². The van der Waals surface area contributed by atoms with Crippen LogP contribution in [0.3, 0.4) is 0 Å². The molecule has 208 valence electrons. The van der Waals surface area contributed by atoms with Crippen LogP contribution in [-0.2, 0) is 34.2 Å². The number of carbonyl (C=O) groups is 1. The molecule has 0 aliphatic heterocycles. The third kappa shape index (κ3) is 4.88. The SMILES string of the molecule is O=C(NS(=O)(=O)c1ccc(F)c(F)c1)C1CC1c1cc(F)cc2c3c(n(Cc4ccc(Cl)cc4Cl)c12)CCCC3. The van der Waals surface area contributed by atoms with Crippen molar-refractivity contribution < 1.29 is 26.4 Å². The Morgan fingerprint density at radius 1 is 0.975 bits per heavy atom. The van der Waals surface area contributed by atoms with E-state index in [1.807, 2.05) is 10.8 Å². The zero-order valence-electron chi connectivity index (χ0n) is 21.0. The number of benzene rings is 3. The van der Waals surface area contributed by atoms with Crippen LogP contribution < -0.4 is 4.72 Å². The molecule has 2 unspecified atom stereocenters. The Morgan fingerprint density at radius 2 is 1.75 bits per heavy atom. The summed E-state index contributed by atoms with van der Waals surface area (Å²) < 4.78 is 71.4. The van der Waals surface area contributed by atoms with Crippen molar-refractivity contribution in [2.75, 3.05) is 0 Å². The van der Waals surface area contributed by atoms with Crippen LogP contribution in [0, 0.1) is 23.4 Å². The summed E-state index contributed by atoms with van der Waals surface area (Å²) in [5, 5.41) is 1.81. The van der Waals surface area contributed by atoms with E-state index in [4.69, 9.17) is 23.2 Å². The highest BCUT2D eigenvalue weighted by atomic mass is 35.5. The highest BCUT2D eigenvalue weighted by molar-refractivity contribution is 7.90. The van der Waals surface area contributed by atoms with Crippen molar-refractivity contribution >= 4 is 50.0 Å². The van der Waals surface area contributed by atoms with Crippen molar-refractivity contribution in [1.82, 2.24) is 9.29 Å². The molecule has 0 saturated heterocycles. The van der Waals surface area contributed by atoms with Gasteiger partial charge in [0.2, 0.25) is 5.91 Å². The van der Waals surface area contributed by atoms with Gasteiger partial charge in [0.05, 0.1) is 10.4 Å². The summed E-state index contributed by atoms with van der Waals surface area (Å²) in [5.41, 5.74) is 4.45. The summed E-state index contributed by atoms with van der Waals surface area (Å²) in [6.07, 6.45) is 3.91. The van der Waals surface area contributed by atoms with Gasteiger partial charge in [0.15, 0.2) is 11.6 Å². The second-order valence-electron chi connectivity index (χ2n) is 10.3. The van der Waals surface area contributed by atoms with E-state index < -0.39 is 50.1 Å². The maximum absolute atomic E-state index is 15.0. The predicted molar refractivity (Wildman–Crippen MR) is 147 cm³/mol. The van der Waals surface area contributed by atoms with Crippen LogP contribution in [0.1, 0.15) is 47.6 Å². The largest absolute Gasteiger partial charge is 0.340 e. The molecular formula is C29H23Cl2F3N2O3S. The molecular weight excluding hydrogens is 584 g/mol. The summed E-state index contributed by atoms with van der Waals surface area (Å²) in [4.78, 5) is 12.4. The Balaban J connectivity index is 1.36. The molecule has 3 aromatic carbocycles. The van der Waals surface area contributed by atoms with Gasteiger partial charge in [-0.25, -0.2) is 26.3 Å². The van der Waals surface area contributed by atoms with Gasteiger partial charge in [0.25, 0.3) is 10.0 Å². The van der Waals surface area contributed by atoms with Gasteiger partial charge in [0, 0.05) is 33.6 Å². The van der Waals surface area contributed by atoms with Crippen molar-refractivity contribution in [3.63, 3.8) is 0 Å². The van der Waals surface area contributed by atoms with Crippen molar-refractivity contribution in [2.45, 2.75) is 49.5 Å². The molecule has 11 heteroatoms. The van der Waals surface area contributed by atoms with E-state index in [-0.39, 0.29) is 0 Å². The van der Waals surface area contributed by atoms with Crippen LogP contribution in [0.25, 0.3) is 10.9 Å². The zero-order valence-corrected chi connectivity index (χ0v) is 23.3. The smallest absolute Gasteiger partial charge is 0.264 e. The van der Waals surface area contributed by atoms with Gasteiger partial charge in [-0.3, -0.25) is 4.79 Å². The van der Waals surface area contributed by atoms with E-state index in [1.54, 1.807) is 12.1 Å². The molecule has 2 aliphatic rings. The third-order valence-corrected chi connectivity index (χ3v) is 9.70. The Hall–Kier alpha value is -3.01. The topological polar surface area (TPSA) is 68.2 Å². The van der Waals surface area contributed by atoms with Gasteiger partial charge in [0.1, 0.15) is 5.82 Å². The fraction of sp³-hybridized carbons (Fsp3) is 0.276. The molecule has 1 fully saturated rings. The number of halogens is 5. The summed E-state index contributed by atoms with van der Waals surface area (Å²) in [6.45, 7) is 0.425. The number of aryl methyl sites for hydroxylation is 1. The summed E-state index contributed by atoms with van der Waals surface area (Å²) in [5.74, 6) is -4.91. The molecule has 2 aliphatic carbocycles. The van der Waals surface area contributed by atoms with Gasteiger partial charge >= 0.3 is 0 Å². The molecule has 1 heterocycles. The number of amides is 1. The van der Waals surface area contributed by atoms with Crippen LogP contribution in [0.4, 0.5) is 13.2 Å². The number of hydrogen-bond donors (Lipinski definition) is 1. The van der Waals surface area contributed by atoms with Crippen LogP contribution in [0.2, 0.25) is 10.0 Å². The summed E-state index contributed by atoms with van der Waals surface area (Å²) >= 11 is 12.6.